The third kappa shape index (κ3) is 7.17. The van der Waals surface area contributed by atoms with Gasteiger partial charge in [-0.15, -0.1) is 10.2 Å². The van der Waals surface area contributed by atoms with E-state index in [9.17, 15) is 23.4 Å². The number of halogens is 3. The van der Waals surface area contributed by atoms with Crippen LogP contribution in [-0.2, 0) is 16.1 Å². The number of morpholine rings is 1. The van der Waals surface area contributed by atoms with Crippen LogP contribution in [0.5, 0.6) is 11.5 Å². The number of rotatable bonds is 6. The number of nitrogens with zero attached hydrogens (tertiary/aromatic N) is 4. The van der Waals surface area contributed by atoms with Gasteiger partial charge in [0.05, 0.1) is 18.8 Å². The fourth-order valence-corrected chi connectivity index (χ4v) is 4.31. The molecule has 0 atom stereocenters. The molecular formula is C25H29F3N4O5S. The number of carbonyl (C=O) groups is 1. The molecule has 9 nitrogen and oxygen atoms in total. The Bertz CT molecular complexity index is 1240. The molecule has 4 rings (SSSR count). The van der Waals surface area contributed by atoms with Crippen LogP contribution in [0.4, 0.5) is 13.2 Å². The van der Waals surface area contributed by atoms with Crippen molar-refractivity contribution in [2.75, 3.05) is 32.6 Å². The van der Waals surface area contributed by atoms with Gasteiger partial charge in [-0.2, -0.15) is 13.2 Å². The number of carboxylic acids is 1. The average Bonchev–Trinajstić information content (AvgIpc) is 3.28. The molecule has 1 aromatic heterocycles. The zero-order chi connectivity index (χ0) is 28.0. The van der Waals surface area contributed by atoms with E-state index in [0.717, 1.165) is 49.3 Å². The van der Waals surface area contributed by atoms with Gasteiger partial charge in [-0.25, -0.2) is 4.79 Å². The van der Waals surface area contributed by atoms with Crippen LogP contribution in [0.2, 0.25) is 0 Å². The van der Waals surface area contributed by atoms with Crippen LogP contribution in [-0.4, -0.2) is 79.7 Å². The number of thioether (sulfide) groups is 1. The Morgan fingerprint density at radius 1 is 1.08 bits per heavy atom. The standard InChI is InChI=1S/C23H28N4O3S.C2HF3O2/c1-15(2)18-12-19(21(29)13-20(18)28)22-24-25-23(31-3)27(22)17-6-4-16(5-7-17)14-26-8-10-30-11-9-26;3-2(4,5)1(6)7/h4-7,12-13,15,28-29H,8-11,14H2,1-3H3;(H,6,7). The minimum Gasteiger partial charge on any atom is -0.508 e. The van der Waals surface area contributed by atoms with Crippen LogP contribution < -0.4 is 0 Å². The van der Waals surface area contributed by atoms with E-state index in [4.69, 9.17) is 14.6 Å². The molecule has 0 unspecified atom stereocenters. The van der Waals surface area contributed by atoms with Crippen LogP contribution in [0, 0.1) is 0 Å². The van der Waals surface area contributed by atoms with Crippen molar-refractivity contribution in [3.8, 4) is 28.6 Å². The van der Waals surface area contributed by atoms with Crippen LogP contribution in [0.1, 0.15) is 30.9 Å². The summed E-state index contributed by atoms with van der Waals surface area (Å²) in [5, 5.41) is 37.3. The molecule has 0 aliphatic carbocycles. The summed E-state index contributed by atoms with van der Waals surface area (Å²) >= 11 is 1.49. The number of phenols is 2. The highest BCUT2D eigenvalue weighted by molar-refractivity contribution is 7.98. The molecule has 2 heterocycles. The molecule has 2 aromatic carbocycles. The van der Waals surface area contributed by atoms with Crippen LogP contribution in [0.15, 0.2) is 41.6 Å². The zero-order valence-corrected chi connectivity index (χ0v) is 21.9. The molecule has 1 aliphatic rings. The van der Waals surface area contributed by atoms with Crippen molar-refractivity contribution in [2.45, 2.75) is 37.6 Å². The third-order valence-corrected chi connectivity index (χ3v) is 6.40. The second kappa shape index (κ2) is 12.5. The summed E-state index contributed by atoms with van der Waals surface area (Å²) in [6.07, 6.45) is -3.13. The van der Waals surface area contributed by atoms with Gasteiger partial charge in [-0.1, -0.05) is 37.7 Å². The molecule has 0 spiro atoms. The SMILES string of the molecule is CSc1nnc(-c2cc(C(C)C)c(O)cc2O)n1-c1ccc(CN2CCOCC2)cc1.O=C(O)C(F)(F)F. The fourth-order valence-electron chi connectivity index (χ4n) is 3.81. The molecule has 3 N–H and O–H groups in total. The van der Waals surface area contributed by atoms with Gasteiger partial charge in [0.1, 0.15) is 11.5 Å². The number of ether oxygens (including phenoxy) is 1. The minimum absolute atomic E-state index is 0.0212. The number of alkyl halides is 3. The van der Waals surface area contributed by atoms with Gasteiger partial charge >= 0.3 is 12.1 Å². The number of aromatic nitrogens is 3. The van der Waals surface area contributed by atoms with E-state index in [1.807, 2.05) is 24.7 Å². The molecule has 1 fully saturated rings. The van der Waals surface area contributed by atoms with Crippen LogP contribution in [0.25, 0.3) is 17.1 Å². The van der Waals surface area contributed by atoms with E-state index >= 15 is 0 Å². The summed E-state index contributed by atoms with van der Waals surface area (Å²) < 4.78 is 39.1. The number of phenolic OH excluding ortho intramolecular Hbond substituents is 2. The molecular weight excluding hydrogens is 525 g/mol. The number of aliphatic carboxylic acids is 1. The lowest BCUT2D eigenvalue weighted by Gasteiger charge is -2.26. The summed E-state index contributed by atoms with van der Waals surface area (Å²) in [6.45, 7) is 8.37. The molecule has 0 radical (unpaired) electrons. The smallest absolute Gasteiger partial charge is 0.490 e. The number of aromatic hydroxyl groups is 2. The summed E-state index contributed by atoms with van der Waals surface area (Å²) in [6, 6.07) is 11.5. The zero-order valence-electron chi connectivity index (χ0n) is 21.1. The Hall–Kier alpha value is -3.29. The summed E-state index contributed by atoms with van der Waals surface area (Å²) in [5.41, 5.74) is 3.47. The van der Waals surface area contributed by atoms with Crippen molar-refractivity contribution in [3.05, 3.63) is 47.5 Å². The molecule has 38 heavy (non-hydrogen) atoms. The van der Waals surface area contributed by atoms with E-state index in [1.165, 1.54) is 23.4 Å². The monoisotopic (exact) mass is 554 g/mol. The Morgan fingerprint density at radius 2 is 1.68 bits per heavy atom. The maximum absolute atomic E-state index is 10.6. The average molecular weight is 555 g/mol. The Balaban J connectivity index is 0.000000505. The molecule has 206 valence electrons. The second-order valence-electron chi connectivity index (χ2n) is 8.79. The predicted molar refractivity (Wildman–Crippen MR) is 136 cm³/mol. The minimum atomic E-state index is -5.08. The maximum atomic E-state index is 10.6. The molecule has 0 bridgehead atoms. The van der Waals surface area contributed by atoms with Gasteiger partial charge in [-0.3, -0.25) is 9.47 Å². The largest absolute Gasteiger partial charge is 0.508 e. The number of benzene rings is 2. The second-order valence-corrected chi connectivity index (χ2v) is 9.56. The summed E-state index contributed by atoms with van der Waals surface area (Å²) in [7, 11) is 0. The molecule has 0 saturated carbocycles. The van der Waals surface area contributed by atoms with Crippen molar-refractivity contribution in [2.24, 2.45) is 0 Å². The molecule has 1 aliphatic heterocycles. The first-order valence-corrected chi connectivity index (χ1v) is 12.9. The number of hydrogen-bond acceptors (Lipinski definition) is 8. The van der Waals surface area contributed by atoms with Crippen molar-refractivity contribution in [3.63, 3.8) is 0 Å². The normalized spacial score (nSPS) is 14.3. The third-order valence-electron chi connectivity index (χ3n) is 5.77. The van der Waals surface area contributed by atoms with Crippen molar-refractivity contribution < 1.29 is 38.0 Å². The lowest BCUT2D eigenvalue weighted by Crippen LogP contribution is -2.35. The van der Waals surface area contributed by atoms with Gasteiger partial charge in [0.2, 0.25) is 0 Å². The van der Waals surface area contributed by atoms with E-state index in [0.29, 0.717) is 11.4 Å². The van der Waals surface area contributed by atoms with E-state index in [1.54, 1.807) is 6.07 Å². The highest BCUT2D eigenvalue weighted by atomic mass is 32.2. The first-order chi connectivity index (χ1) is 17.9. The van der Waals surface area contributed by atoms with Crippen LogP contribution in [0.3, 0.4) is 0 Å². The predicted octanol–water partition coefficient (Wildman–Crippen LogP) is 4.66. The van der Waals surface area contributed by atoms with Gasteiger partial charge in [-0.05, 0) is 41.5 Å². The molecule has 13 heteroatoms. The van der Waals surface area contributed by atoms with Crippen molar-refractivity contribution in [1.29, 1.82) is 0 Å². The van der Waals surface area contributed by atoms with Crippen molar-refractivity contribution >= 4 is 17.7 Å². The topological polar surface area (TPSA) is 121 Å². The molecule has 0 amide bonds. The van der Waals surface area contributed by atoms with E-state index < -0.39 is 12.1 Å². The number of hydrogen-bond donors (Lipinski definition) is 3. The fraction of sp³-hybridized carbons (Fsp3) is 0.400. The first kappa shape index (κ1) is 29.3. The first-order valence-electron chi connectivity index (χ1n) is 11.7. The Kier molecular flexibility index (Phi) is 9.63. The van der Waals surface area contributed by atoms with Gasteiger partial charge in [0.25, 0.3) is 0 Å². The van der Waals surface area contributed by atoms with Gasteiger partial charge < -0.3 is 20.1 Å². The highest BCUT2D eigenvalue weighted by Gasteiger charge is 2.38. The van der Waals surface area contributed by atoms with Gasteiger partial charge in [0.15, 0.2) is 11.0 Å². The maximum Gasteiger partial charge on any atom is 0.490 e. The molecule has 3 aromatic rings. The summed E-state index contributed by atoms with van der Waals surface area (Å²) in [5.74, 6) is -2.04. The number of carboxylic acid groups (broad SMARTS) is 1. The lowest BCUT2D eigenvalue weighted by atomic mass is 9.98. The quantitative estimate of drug-likeness (QED) is 0.374. The van der Waals surface area contributed by atoms with E-state index in [-0.39, 0.29) is 17.4 Å². The van der Waals surface area contributed by atoms with E-state index in [2.05, 4.69) is 39.4 Å². The van der Waals surface area contributed by atoms with Crippen LogP contribution >= 0.6 is 11.8 Å². The molecule has 1 saturated heterocycles. The Morgan fingerprint density at radius 3 is 2.21 bits per heavy atom. The summed E-state index contributed by atoms with van der Waals surface area (Å²) in [4.78, 5) is 11.3. The van der Waals surface area contributed by atoms with Gasteiger partial charge in [0, 0.05) is 31.4 Å². The van der Waals surface area contributed by atoms with Crippen molar-refractivity contribution in [1.82, 2.24) is 19.7 Å². The Labute approximate surface area is 221 Å². The lowest BCUT2D eigenvalue weighted by molar-refractivity contribution is -0.192. The highest BCUT2D eigenvalue weighted by Crippen LogP contribution is 2.38.